The second-order valence-electron chi connectivity index (χ2n) is 5.07. The molecule has 1 saturated heterocycles. The van der Waals surface area contributed by atoms with E-state index in [9.17, 15) is 0 Å². The first-order valence-corrected chi connectivity index (χ1v) is 7.69. The highest BCUT2D eigenvalue weighted by molar-refractivity contribution is 5.79. The van der Waals surface area contributed by atoms with Gasteiger partial charge in [0.15, 0.2) is 5.96 Å². The second kappa shape index (κ2) is 9.15. The van der Waals surface area contributed by atoms with Gasteiger partial charge in [0.2, 0.25) is 0 Å². The average Bonchev–Trinajstić information content (AvgIpc) is 2.45. The van der Waals surface area contributed by atoms with E-state index >= 15 is 0 Å². The zero-order valence-electron chi connectivity index (χ0n) is 13.1. The predicted molar refractivity (Wildman–Crippen MR) is 82.8 cm³/mol. The molecular formula is C14H31N5. The van der Waals surface area contributed by atoms with Crippen LogP contribution in [0.15, 0.2) is 4.99 Å². The van der Waals surface area contributed by atoms with Crippen LogP contribution in [0.1, 0.15) is 27.7 Å². The van der Waals surface area contributed by atoms with Gasteiger partial charge in [-0.2, -0.15) is 0 Å². The number of guanidine groups is 1. The molecule has 5 heteroatoms. The molecule has 112 valence electrons. The number of rotatable bonds is 6. The topological polar surface area (TPSA) is 42.9 Å². The maximum Gasteiger partial charge on any atom is 0.191 e. The molecule has 19 heavy (non-hydrogen) atoms. The van der Waals surface area contributed by atoms with Gasteiger partial charge in [-0.15, -0.1) is 0 Å². The number of piperazine rings is 1. The third-order valence-electron chi connectivity index (χ3n) is 3.68. The Hall–Kier alpha value is -0.810. The van der Waals surface area contributed by atoms with E-state index in [4.69, 9.17) is 0 Å². The molecule has 0 aromatic heterocycles. The number of likely N-dealkylation sites (N-methyl/N-ethyl adjacent to an activating group) is 1. The summed E-state index contributed by atoms with van der Waals surface area (Å²) in [5.74, 6) is 0.934. The molecule has 0 aromatic carbocycles. The van der Waals surface area contributed by atoms with E-state index in [1.807, 2.05) is 0 Å². The Kier molecular flexibility index (Phi) is 7.82. The van der Waals surface area contributed by atoms with Crippen molar-refractivity contribution in [1.29, 1.82) is 0 Å². The Bertz CT molecular complexity index is 251. The molecule has 0 amide bonds. The maximum atomic E-state index is 4.66. The highest BCUT2D eigenvalue weighted by atomic mass is 15.3. The highest BCUT2D eigenvalue weighted by Crippen LogP contribution is 2.06. The minimum atomic E-state index is 0.520. The summed E-state index contributed by atoms with van der Waals surface area (Å²) >= 11 is 0. The largest absolute Gasteiger partial charge is 0.357 e. The summed E-state index contributed by atoms with van der Waals surface area (Å²) < 4.78 is 0. The highest BCUT2D eigenvalue weighted by Gasteiger charge is 2.19. The minimum Gasteiger partial charge on any atom is -0.357 e. The van der Waals surface area contributed by atoms with E-state index in [0.717, 1.165) is 25.6 Å². The fourth-order valence-corrected chi connectivity index (χ4v) is 2.37. The summed E-state index contributed by atoms with van der Waals surface area (Å²) in [6.45, 7) is 17.3. The molecule has 0 aromatic rings. The molecule has 0 saturated carbocycles. The summed E-state index contributed by atoms with van der Waals surface area (Å²) in [7, 11) is 0. The van der Waals surface area contributed by atoms with Crippen LogP contribution in [0.25, 0.3) is 0 Å². The minimum absolute atomic E-state index is 0.520. The van der Waals surface area contributed by atoms with Crippen LogP contribution in [0.4, 0.5) is 0 Å². The summed E-state index contributed by atoms with van der Waals surface area (Å²) in [6, 6.07) is 0.520. The smallest absolute Gasteiger partial charge is 0.191 e. The lowest BCUT2D eigenvalue weighted by molar-refractivity contribution is 0.109. The number of hydrogen-bond donors (Lipinski definition) is 2. The molecule has 0 radical (unpaired) electrons. The van der Waals surface area contributed by atoms with Crippen LogP contribution in [0.5, 0.6) is 0 Å². The summed E-state index contributed by atoms with van der Waals surface area (Å²) in [5, 5.41) is 6.54. The van der Waals surface area contributed by atoms with Crippen molar-refractivity contribution in [2.45, 2.75) is 33.7 Å². The van der Waals surface area contributed by atoms with Crippen molar-refractivity contribution in [2.24, 2.45) is 4.99 Å². The van der Waals surface area contributed by atoms with Crippen molar-refractivity contribution >= 4 is 5.96 Å². The zero-order valence-corrected chi connectivity index (χ0v) is 13.1. The van der Waals surface area contributed by atoms with Crippen LogP contribution in [-0.4, -0.2) is 74.2 Å². The summed E-state index contributed by atoms with van der Waals surface area (Å²) in [4.78, 5) is 9.71. The molecule has 1 atom stereocenters. The van der Waals surface area contributed by atoms with Crippen molar-refractivity contribution in [3.63, 3.8) is 0 Å². The quantitative estimate of drug-likeness (QED) is 0.547. The molecule has 2 N–H and O–H groups in total. The molecule has 1 unspecified atom stereocenters. The first-order chi connectivity index (χ1) is 9.21. The van der Waals surface area contributed by atoms with Crippen molar-refractivity contribution in [3.8, 4) is 0 Å². The van der Waals surface area contributed by atoms with E-state index in [-0.39, 0.29) is 0 Å². The molecule has 1 heterocycles. The number of hydrogen-bond acceptors (Lipinski definition) is 3. The van der Waals surface area contributed by atoms with E-state index < -0.39 is 0 Å². The van der Waals surface area contributed by atoms with E-state index in [2.05, 4.69) is 53.1 Å². The van der Waals surface area contributed by atoms with Gasteiger partial charge in [-0.25, -0.2) is 0 Å². The predicted octanol–water partition coefficient (Wildman–Crippen LogP) is 0.587. The van der Waals surface area contributed by atoms with Crippen LogP contribution >= 0.6 is 0 Å². The summed E-state index contributed by atoms with van der Waals surface area (Å²) in [6.07, 6.45) is 0. The fourth-order valence-electron chi connectivity index (χ4n) is 2.37. The van der Waals surface area contributed by atoms with E-state index in [0.29, 0.717) is 6.04 Å². The summed E-state index contributed by atoms with van der Waals surface area (Å²) in [5.41, 5.74) is 0. The van der Waals surface area contributed by atoms with Crippen LogP contribution in [0.3, 0.4) is 0 Å². The molecule has 0 bridgehead atoms. The standard InChI is InChI=1S/C14H31N5/c1-5-15-14(16-6-2)17-12-13(4)19-10-8-18(7-3)9-11-19/h13H,5-12H2,1-4H3,(H2,15,16,17). The van der Waals surface area contributed by atoms with Gasteiger partial charge in [0.1, 0.15) is 0 Å². The van der Waals surface area contributed by atoms with Crippen molar-refractivity contribution in [1.82, 2.24) is 20.4 Å². The van der Waals surface area contributed by atoms with Gasteiger partial charge in [-0.05, 0) is 27.3 Å². The number of aliphatic imine (C=N–C) groups is 1. The SMILES string of the molecule is CCNC(=NCC(C)N1CCN(CC)CC1)NCC. The van der Waals surface area contributed by atoms with Gasteiger partial charge in [-0.1, -0.05) is 6.92 Å². The van der Waals surface area contributed by atoms with Crippen LogP contribution < -0.4 is 10.6 Å². The maximum absolute atomic E-state index is 4.66. The van der Waals surface area contributed by atoms with Crippen molar-refractivity contribution < 1.29 is 0 Å². The van der Waals surface area contributed by atoms with Crippen molar-refractivity contribution in [2.75, 3.05) is 52.4 Å². The molecule has 1 aliphatic rings. The molecule has 1 fully saturated rings. The zero-order chi connectivity index (χ0) is 14.1. The van der Waals surface area contributed by atoms with E-state index in [1.54, 1.807) is 0 Å². The Morgan fingerprint density at radius 3 is 2.11 bits per heavy atom. The third kappa shape index (κ3) is 5.78. The fraction of sp³-hybridized carbons (Fsp3) is 0.929. The molecule has 1 rings (SSSR count). The molecule has 0 spiro atoms. The number of nitrogens with one attached hydrogen (secondary N) is 2. The molecule has 0 aliphatic carbocycles. The number of nitrogens with zero attached hydrogens (tertiary/aromatic N) is 3. The molecule has 1 aliphatic heterocycles. The lowest BCUT2D eigenvalue weighted by Gasteiger charge is -2.37. The lowest BCUT2D eigenvalue weighted by Crippen LogP contribution is -2.50. The van der Waals surface area contributed by atoms with E-state index in [1.165, 1.54) is 32.7 Å². The monoisotopic (exact) mass is 269 g/mol. The van der Waals surface area contributed by atoms with Gasteiger partial charge in [0, 0.05) is 45.3 Å². The van der Waals surface area contributed by atoms with Crippen LogP contribution in [0.2, 0.25) is 0 Å². The van der Waals surface area contributed by atoms with Gasteiger partial charge in [-0.3, -0.25) is 9.89 Å². The van der Waals surface area contributed by atoms with Gasteiger partial charge in [0.05, 0.1) is 6.54 Å². The molecule has 5 nitrogen and oxygen atoms in total. The second-order valence-corrected chi connectivity index (χ2v) is 5.07. The van der Waals surface area contributed by atoms with Crippen molar-refractivity contribution in [3.05, 3.63) is 0 Å². The van der Waals surface area contributed by atoms with Gasteiger partial charge in [0.25, 0.3) is 0 Å². The van der Waals surface area contributed by atoms with Gasteiger partial charge >= 0.3 is 0 Å². The van der Waals surface area contributed by atoms with Gasteiger partial charge < -0.3 is 15.5 Å². The lowest BCUT2D eigenvalue weighted by atomic mass is 10.2. The first kappa shape index (κ1) is 16.2. The Morgan fingerprint density at radius 1 is 1.05 bits per heavy atom. The normalized spacial score (nSPS) is 18.9. The Morgan fingerprint density at radius 2 is 1.63 bits per heavy atom. The third-order valence-corrected chi connectivity index (χ3v) is 3.68. The Labute approximate surface area is 118 Å². The van der Waals surface area contributed by atoms with Crippen LogP contribution in [-0.2, 0) is 0 Å². The van der Waals surface area contributed by atoms with Crippen LogP contribution in [0, 0.1) is 0 Å². The molecular weight excluding hydrogens is 238 g/mol. The Balaban J connectivity index is 2.37. The average molecular weight is 269 g/mol. The first-order valence-electron chi connectivity index (χ1n) is 7.69.